The summed E-state index contributed by atoms with van der Waals surface area (Å²) < 4.78 is 6.22. The van der Waals surface area contributed by atoms with Gasteiger partial charge in [-0.05, 0) is 56.0 Å². The van der Waals surface area contributed by atoms with Gasteiger partial charge in [-0.1, -0.05) is 17.7 Å². The summed E-state index contributed by atoms with van der Waals surface area (Å²) in [4.78, 5) is 16.4. The minimum atomic E-state index is 0.320. The van der Waals surface area contributed by atoms with Gasteiger partial charge in [-0.25, -0.2) is 15.0 Å². The van der Waals surface area contributed by atoms with Gasteiger partial charge in [0.25, 0.3) is 0 Å². The van der Waals surface area contributed by atoms with E-state index in [1.165, 1.54) is 18.4 Å². The second-order valence-corrected chi connectivity index (χ2v) is 8.56. The van der Waals surface area contributed by atoms with E-state index in [0.717, 1.165) is 72.4 Å². The summed E-state index contributed by atoms with van der Waals surface area (Å²) in [5.41, 5.74) is 4.49. The Morgan fingerprint density at radius 3 is 2.73 bits per heavy atom. The molecule has 5 rings (SSSR count). The molecule has 0 unspecified atom stereocenters. The molecule has 154 valence electrons. The molecule has 0 N–H and O–H groups in total. The van der Waals surface area contributed by atoms with E-state index < -0.39 is 0 Å². The average molecular weight is 421 g/mol. The average Bonchev–Trinajstić information content (AvgIpc) is 3.28. The van der Waals surface area contributed by atoms with Crippen LogP contribution < -0.4 is 4.74 Å². The molecule has 0 spiro atoms. The largest absolute Gasteiger partial charge is 0.474 e. The standard InChI is InChI=1S/C24H25ClN4O/c25-20-9-7-17(8-10-20)23-27-14-19-16-29(13-11-22(19)28-23)15-18-4-3-12-26-24(18)30-21-5-1-2-6-21/h3-4,7-10,12,14,21H,1-2,5-6,11,13,15-16H2. The first kappa shape index (κ1) is 19.5. The van der Waals surface area contributed by atoms with Crippen molar-refractivity contribution >= 4 is 11.6 Å². The quantitative estimate of drug-likeness (QED) is 0.576. The lowest BCUT2D eigenvalue weighted by atomic mass is 10.1. The van der Waals surface area contributed by atoms with Crippen molar-refractivity contribution in [3.63, 3.8) is 0 Å². The molecular formula is C24H25ClN4O. The van der Waals surface area contributed by atoms with Crippen LogP contribution in [0.25, 0.3) is 11.4 Å². The molecule has 3 heterocycles. The Hall–Kier alpha value is -2.50. The Bertz CT molecular complexity index is 1020. The third-order valence-electron chi connectivity index (χ3n) is 5.94. The second kappa shape index (κ2) is 8.70. The predicted molar refractivity (Wildman–Crippen MR) is 117 cm³/mol. The van der Waals surface area contributed by atoms with E-state index in [1.807, 2.05) is 42.7 Å². The van der Waals surface area contributed by atoms with Crippen molar-refractivity contribution in [1.29, 1.82) is 0 Å². The van der Waals surface area contributed by atoms with Crippen LogP contribution in [0.3, 0.4) is 0 Å². The zero-order valence-electron chi connectivity index (χ0n) is 16.9. The third-order valence-corrected chi connectivity index (χ3v) is 6.19. The van der Waals surface area contributed by atoms with Gasteiger partial charge < -0.3 is 4.74 Å². The molecule has 0 atom stereocenters. The molecule has 1 fully saturated rings. The summed E-state index contributed by atoms with van der Waals surface area (Å²) in [6.07, 6.45) is 9.82. The van der Waals surface area contributed by atoms with Crippen LogP contribution in [-0.4, -0.2) is 32.5 Å². The Balaban J connectivity index is 1.29. The molecule has 0 radical (unpaired) electrons. The van der Waals surface area contributed by atoms with E-state index in [9.17, 15) is 0 Å². The Morgan fingerprint density at radius 1 is 1.07 bits per heavy atom. The molecule has 2 aromatic heterocycles. The van der Waals surface area contributed by atoms with Crippen LogP contribution >= 0.6 is 11.6 Å². The number of rotatable bonds is 5. The molecule has 3 aromatic rings. The van der Waals surface area contributed by atoms with Crippen molar-refractivity contribution in [1.82, 2.24) is 19.9 Å². The maximum Gasteiger partial charge on any atom is 0.218 e. The fraction of sp³-hybridized carbons (Fsp3) is 0.375. The predicted octanol–water partition coefficient (Wildman–Crippen LogP) is 5.07. The number of fused-ring (bicyclic) bond motifs is 1. The Morgan fingerprint density at radius 2 is 1.90 bits per heavy atom. The zero-order chi connectivity index (χ0) is 20.3. The highest BCUT2D eigenvalue weighted by molar-refractivity contribution is 6.30. The molecule has 1 aromatic carbocycles. The summed E-state index contributed by atoms with van der Waals surface area (Å²) in [6, 6.07) is 11.8. The van der Waals surface area contributed by atoms with Gasteiger partial charge in [-0.15, -0.1) is 0 Å². The van der Waals surface area contributed by atoms with Gasteiger partial charge in [0.1, 0.15) is 6.10 Å². The van der Waals surface area contributed by atoms with Gasteiger partial charge in [-0.2, -0.15) is 0 Å². The first-order valence-corrected chi connectivity index (χ1v) is 11.1. The maximum absolute atomic E-state index is 6.22. The molecule has 2 aliphatic rings. The lowest BCUT2D eigenvalue weighted by Gasteiger charge is -2.28. The van der Waals surface area contributed by atoms with Gasteiger partial charge in [0.2, 0.25) is 5.88 Å². The molecule has 1 aliphatic carbocycles. The van der Waals surface area contributed by atoms with Crippen LogP contribution in [-0.2, 0) is 19.5 Å². The van der Waals surface area contributed by atoms with Crippen LogP contribution in [0.5, 0.6) is 5.88 Å². The van der Waals surface area contributed by atoms with Gasteiger partial charge >= 0.3 is 0 Å². The van der Waals surface area contributed by atoms with Crippen molar-refractivity contribution in [2.75, 3.05) is 6.54 Å². The molecular weight excluding hydrogens is 396 g/mol. The molecule has 30 heavy (non-hydrogen) atoms. The number of pyridine rings is 1. The topological polar surface area (TPSA) is 51.1 Å². The van der Waals surface area contributed by atoms with Crippen LogP contribution in [0.4, 0.5) is 0 Å². The molecule has 0 bridgehead atoms. The second-order valence-electron chi connectivity index (χ2n) is 8.13. The molecule has 5 nitrogen and oxygen atoms in total. The van der Waals surface area contributed by atoms with E-state index in [-0.39, 0.29) is 0 Å². The van der Waals surface area contributed by atoms with E-state index in [0.29, 0.717) is 6.10 Å². The molecule has 1 saturated carbocycles. The van der Waals surface area contributed by atoms with Gasteiger partial charge in [-0.3, -0.25) is 4.90 Å². The van der Waals surface area contributed by atoms with Crippen LogP contribution in [0.15, 0.2) is 48.8 Å². The maximum atomic E-state index is 6.22. The lowest BCUT2D eigenvalue weighted by molar-refractivity contribution is 0.190. The monoisotopic (exact) mass is 420 g/mol. The Labute approximate surface area is 182 Å². The van der Waals surface area contributed by atoms with Crippen molar-refractivity contribution in [2.45, 2.75) is 51.3 Å². The van der Waals surface area contributed by atoms with E-state index >= 15 is 0 Å². The lowest BCUT2D eigenvalue weighted by Crippen LogP contribution is -2.31. The molecule has 0 amide bonds. The number of nitrogens with zero attached hydrogens (tertiary/aromatic N) is 4. The first-order valence-electron chi connectivity index (χ1n) is 10.7. The number of aromatic nitrogens is 3. The molecule has 1 aliphatic heterocycles. The van der Waals surface area contributed by atoms with Gasteiger partial charge in [0, 0.05) is 60.2 Å². The van der Waals surface area contributed by atoms with Crippen molar-refractivity contribution in [3.05, 3.63) is 70.6 Å². The summed E-state index contributed by atoms with van der Waals surface area (Å²) in [7, 11) is 0. The summed E-state index contributed by atoms with van der Waals surface area (Å²) in [5, 5.41) is 0.721. The number of hydrogen-bond donors (Lipinski definition) is 0. The highest BCUT2D eigenvalue weighted by Crippen LogP contribution is 2.27. The van der Waals surface area contributed by atoms with E-state index in [1.54, 1.807) is 0 Å². The Kier molecular flexibility index (Phi) is 5.65. The summed E-state index contributed by atoms with van der Waals surface area (Å²) >= 11 is 6.00. The fourth-order valence-corrected chi connectivity index (χ4v) is 4.43. The zero-order valence-corrected chi connectivity index (χ0v) is 17.7. The molecule has 6 heteroatoms. The fourth-order valence-electron chi connectivity index (χ4n) is 4.30. The van der Waals surface area contributed by atoms with Crippen molar-refractivity contribution < 1.29 is 4.74 Å². The minimum Gasteiger partial charge on any atom is -0.474 e. The highest BCUT2D eigenvalue weighted by atomic mass is 35.5. The minimum absolute atomic E-state index is 0.320. The normalized spacial score (nSPS) is 17.1. The highest BCUT2D eigenvalue weighted by Gasteiger charge is 2.22. The van der Waals surface area contributed by atoms with Crippen LogP contribution in [0.2, 0.25) is 5.02 Å². The number of halogens is 1. The van der Waals surface area contributed by atoms with Gasteiger partial charge in [0.05, 0.1) is 5.69 Å². The SMILES string of the molecule is Clc1ccc(-c2ncc3c(n2)CCN(Cc2cccnc2OC2CCCC2)C3)cc1. The number of ether oxygens (including phenoxy) is 1. The number of hydrogen-bond acceptors (Lipinski definition) is 5. The van der Waals surface area contributed by atoms with Crippen molar-refractivity contribution in [2.24, 2.45) is 0 Å². The van der Waals surface area contributed by atoms with E-state index in [4.69, 9.17) is 21.3 Å². The number of benzene rings is 1. The smallest absolute Gasteiger partial charge is 0.218 e. The van der Waals surface area contributed by atoms with Crippen LogP contribution in [0, 0.1) is 0 Å². The first-order chi connectivity index (χ1) is 14.7. The summed E-state index contributed by atoms with van der Waals surface area (Å²) in [5.74, 6) is 1.56. The van der Waals surface area contributed by atoms with Gasteiger partial charge in [0.15, 0.2) is 5.82 Å². The third kappa shape index (κ3) is 4.32. The summed E-state index contributed by atoms with van der Waals surface area (Å²) in [6.45, 7) is 2.63. The van der Waals surface area contributed by atoms with E-state index in [2.05, 4.69) is 20.9 Å². The molecule has 0 saturated heterocycles. The van der Waals surface area contributed by atoms with Crippen LogP contribution in [0.1, 0.15) is 42.5 Å². The van der Waals surface area contributed by atoms with Crippen molar-refractivity contribution in [3.8, 4) is 17.3 Å².